The molecular weight excluding hydrogens is 458 g/mol. The normalized spacial score (nSPS) is 29.3. The fourth-order valence-corrected chi connectivity index (χ4v) is 5.93. The summed E-state index contributed by atoms with van der Waals surface area (Å²) in [4.78, 5) is 45.7. The number of benzene rings is 1. The average Bonchev–Trinajstić information content (AvgIpc) is 3.33. The number of nitrogens with two attached hydrogens (primary N) is 1. The molecule has 0 bridgehead atoms. The zero-order valence-corrected chi connectivity index (χ0v) is 18.9. The SMILES string of the molecule is CON=C1C(O)=C(C(N)=O)C(=O)C2(O)C(=O)C3=C(O)c4c(O)ccc(N5CCCC5)c4CC3CC12. The van der Waals surface area contributed by atoms with E-state index in [4.69, 9.17) is 10.6 Å². The number of fused-ring (bicyclic) bond motifs is 3. The van der Waals surface area contributed by atoms with E-state index in [1.165, 1.54) is 13.2 Å². The number of carbonyl (C=O) groups excluding carboxylic acids is 3. The summed E-state index contributed by atoms with van der Waals surface area (Å²) in [6.07, 6.45) is 2.17. The van der Waals surface area contributed by atoms with Crippen molar-refractivity contribution in [2.24, 2.45) is 22.7 Å². The Hall–Kier alpha value is -3.86. The van der Waals surface area contributed by atoms with Gasteiger partial charge < -0.3 is 35.9 Å². The third-order valence-corrected chi connectivity index (χ3v) is 7.50. The van der Waals surface area contributed by atoms with Gasteiger partial charge in [0.25, 0.3) is 5.91 Å². The number of rotatable bonds is 3. The summed E-state index contributed by atoms with van der Waals surface area (Å²) in [7, 11) is 1.17. The summed E-state index contributed by atoms with van der Waals surface area (Å²) in [5.41, 5.74) is 2.44. The van der Waals surface area contributed by atoms with Gasteiger partial charge in [0.2, 0.25) is 11.6 Å². The minimum Gasteiger partial charge on any atom is -0.507 e. The number of amides is 1. The van der Waals surface area contributed by atoms with Gasteiger partial charge in [-0.15, -0.1) is 0 Å². The fraction of sp³-hybridized carbons (Fsp3) is 0.417. The summed E-state index contributed by atoms with van der Waals surface area (Å²) in [5.74, 6) is -7.47. The van der Waals surface area contributed by atoms with Crippen molar-refractivity contribution in [3.05, 3.63) is 40.2 Å². The Labute approximate surface area is 199 Å². The number of aromatic hydroxyl groups is 1. The number of nitrogens with zero attached hydrogens (tertiary/aromatic N) is 2. The molecule has 1 aromatic rings. The van der Waals surface area contributed by atoms with Crippen molar-refractivity contribution in [3.63, 3.8) is 0 Å². The highest BCUT2D eigenvalue weighted by Crippen LogP contribution is 2.52. The summed E-state index contributed by atoms with van der Waals surface area (Å²) in [6, 6.07) is 3.21. The van der Waals surface area contributed by atoms with E-state index in [0.29, 0.717) is 5.56 Å². The third-order valence-electron chi connectivity index (χ3n) is 7.50. The number of phenolic OH excluding ortho intramolecular Hbond substituents is 1. The van der Waals surface area contributed by atoms with E-state index in [9.17, 15) is 34.8 Å². The molecular formula is C24H25N3O8. The number of allylic oxidation sites excluding steroid dienone is 1. The van der Waals surface area contributed by atoms with E-state index in [1.54, 1.807) is 6.07 Å². The number of carbonyl (C=O) groups is 3. The lowest BCUT2D eigenvalue weighted by atomic mass is 9.58. The van der Waals surface area contributed by atoms with Gasteiger partial charge >= 0.3 is 0 Å². The van der Waals surface area contributed by atoms with E-state index in [1.807, 2.05) is 0 Å². The first-order valence-electron chi connectivity index (χ1n) is 11.3. The van der Waals surface area contributed by atoms with Crippen LogP contribution in [0.1, 0.15) is 30.4 Å². The van der Waals surface area contributed by atoms with Crippen LogP contribution < -0.4 is 10.6 Å². The Kier molecular flexibility index (Phi) is 5.13. The summed E-state index contributed by atoms with van der Waals surface area (Å²) >= 11 is 0. The number of aliphatic hydroxyl groups excluding tert-OH is 2. The van der Waals surface area contributed by atoms with Crippen molar-refractivity contribution in [1.82, 2.24) is 0 Å². The average molecular weight is 483 g/mol. The number of aliphatic hydroxyl groups is 3. The summed E-state index contributed by atoms with van der Waals surface area (Å²) in [6.45, 7) is 1.63. The van der Waals surface area contributed by atoms with Crippen LogP contribution in [0.2, 0.25) is 0 Å². The van der Waals surface area contributed by atoms with Crippen LogP contribution in [0.25, 0.3) is 5.76 Å². The molecule has 3 aliphatic carbocycles. The topological polar surface area (TPSA) is 183 Å². The first-order chi connectivity index (χ1) is 16.6. The lowest BCUT2D eigenvalue weighted by Crippen LogP contribution is -2.64. The van der Waals surface area contributed by atoms with Crippen LogP contribution in [0, 0.1) is 11.8 Å². The van der Waals surface area contributed by atoms with Gasteiger partial charge in [-0.3, -0.25) is 14.4 Å². The van der Waals surface area contributed by atoms with Gasteiger partial charge in [-0.2, -0.15) is 0 Å². The molecule has 1 aliphatic heterocycles. The second-order valence-corrected chi connectivity index (χ2v) is 9.27. The number of primary amides is 1. The van der Waals surface area contributed by atoms with Crippen molar-refractivity contribution in [2.75, 3.05) is 25.1 Å². The minimum atomic E-state index is -2.84. The lowest BCUT2D eigenvalue weighted by Gasteiger charge is -2.45. The molecule has 35 heavy (non-hydrogen) atoms. The highest BCUT2D eigenvalue weighted by Gasteiger charge is 2.64. The molecule has 1 saturated heterocycles. The van der Waals surface area contributed by atoms with Crippen LogP contribution >= 0.6 is 0 Å². The van der Waals surface area contributed by atoms with E-state index < -0.39 is 52.0 Å². The molecule has 11 nitrogen and oxygen atoms in total. The maximum atomic E-state index is 13.7. The van der Waals surface area contributed by atoms with Crippen molar-refractivity contribution in [3.8, 4) is 5.75 Å². The maximum absolute atomic E-state index is 13.7. The first kappa shape index (κ1) is 22.9. The number of hydrogen-bond donors (Lipinski definition) is 5. The number of oxime groups is 1. The zero-order chi connectivity index (χ0) is 25.2. The Morgan fingerprint density at radius 1 is 1.14 bits per heavy atom. The monoisotopic (exact) mass is 483 g/mol. The molecule has 1 heterocycles. The molecule has 2 fully saturated rings. The number of Topliss-reactive ketones (excluding diaryl/α,β-unsaturated/α-hetero) is 2. The van der Waals surface area contributed by atoms with Crippen LogP contribution in [0.15, 0.2) is 34.2 Å². The standard InChI is InChI=1S/C24H25N3O8/c1-35-26-18-12-9-10-8-11-13(27-6-2-3-7-27)4-5-14(28)16(11)19(29)15(10)21(31)24(12,34)22(32)17(20(18)30)23(25)33/h4-5,10,12,28-30,34H,2-3,6-9H2,1H3,(H2,25,33). The fourth-order valence-electron chi connectivity index (χ4n) is 5.93. The largest absolute Gasteiger partial charge is 0.507 e. The molecule has 1 saturated carbocycles. The molecule has 11 heteroatoms. The van der Waals surface area contributed by atoms with Gasteiger partial charge in [-0.1, -0.05) is 5.16 Å². The molecule has 5 rings (SSSR count). The van der Waals surface area contributed by atoms with E-state index >= 15 is 0 Å². The Balaban J connectivity index is 1.71. The number of phenols is 1. The molecule has 0 radical (unpaired) electrons. The number of hydrogen-bond acceptors (Lipinski definition) is 10. The predicted octanol–water partition coefficient (Wildman–Crippen LogP) is 0.636. The first-order valence-corrected chi connectivity index (χ1v) is 11.3. The summed E-state index contributed by atoms with van der Waals surface area (Å²) < 4.78 is 0. The van der Waals surface area contributed by atoms with E-state index in [2.05, 4.69) is 10.1 Å². The van der Waals surface area contributed by atoms with Crippen LogP contribution in [0.4, 0.5) is 5.69 Å². The highest BCUT2D eigenvalue weighted by molar-refractivity contribution is 6.38. The Bertz CT molecular complexity index is 1270. The molecule has 3 atom stereocenters. The van der Waals surface area contributed by atoms with E-state index in [-0.39, 0.29) is 35.4 Å². The molecule has 0 spiro atoms. The number of ketones is 2. The maximum Gasteiger partial charge on any atom is 0.256 e. The second-order valence-electron chi connectivity index (χ2n) is 9.27. The van der Waals surface area contributed by atoms with Gasteiger partial charge in [0, 0.05) is 24.4 Å². The van der Waals surface area contributed by atoms with Crippen molar-refractivity contribution >= 4 is 34.6 Å². The molecule has 1 aromatic carbocycles. The van der Waals surface area contributed by atoms with Crippen LogP contribution in [0.5, 0.6) is 5.75 Å². The molecule has 184 valence electrons. The van der Waals surface area contributed by atoms with Crippen LogP contribution in [0.3, 0.4) is 0 Å². The zero-order valence-electron chi connectivity index (χ0n) is 18.9. The van der Waals surface area contributed by atoms with Gasteiger partial charge in [-0.25, -0.2) is 0 Å². The predicted molar refractivity (Wildman–Crippen MR) is 123 cm³/mol. The molecule has 3 unspecified atom stereocenters. The van der Waals surface area contributed by atoms with Crippen molar-refractivity contribution in [2.45, 2.75) is 31.3 Å². The Morgan fingerprint density at radius 3 is 2.46 bits per heavy atom. The van der Waals surface area contributed by atoms with E-state index in [0.717, 1.165) is 31.6 Å². The minimum absolute atomic E-state index is 0.0692. The van der Waals surface area contributed by atoms with Gasteiger partial charge in [-0.05, 0) is 49.3 Å². The molecule has 0 aromatic heterocycles. The van der Waals surface area contributed by atoms with Gasteiger partial charge in [0.05, 0.1) is 11.5 Å². The smallest absolute Gasteiger partial charge is 0.256 e. The third kappa shape index (κ3) is 3.00. The molecule has 6 N–H and O–H groups in total. The second kappa shape index (κ2) is 7.84. The van der Waals surface area contributed by atoms with Crippen molar-refractivity contribution < 1.29 is 39.6 Å². The molecule has 4 aliphatic rings. The van der Waals surface area contributed by atoms with Gasteiger partial charge in [0.15, 0.2) is 11.4 Å². The summed E-state index contributed by atoms with van der Waals surface area (Å²) in [5, 5.41) is 47.6. The highest BCUT2D eigenvalue weighted by atomic mass is 16.6. The Morgan fingerprint density at radius 2 is 1.83 bits per heavy atom. The lowest BCUT2D eigenvalue weighted by molar-refractivity contribution is -0.153. The van der Waals surface area contributed by atoms with Gasteiger partial charge in [0.1, 0.15) is 29.9 Å². The number of anilines is 1. The van der Waals surface area contributed by atoms with Crippen molar-refractivity contribution in [1.29, 1.82) is 0 Å². The quantitative estimate of drug-likeness (QED) is 0.234. The van der Waals surface area contributed by atoms with Crippen LogP contribution in [-0.4, -0.2) is 69.4 Å². The molecule has 1 amide bonds. The van der Waals surface area contributed by atoms with Crippen LogP contribution in [-0.2, 0) is 25.6 Å².